The molecule has 0 spiro atoms. The van der Waals surface area contributed by atoms with Crippen molar-refractivity contribution < 1.29 is 4.74 Å². The van der Waals surface area contributed by atoms with Gasteiger partial charge in [-0.15, -0.1) is 0 Å². The molecule has 3 nitrogen and oxygen atoms in total. The maximum absolute atomic E-state index is 5.03. The molecule has 0 atom stereocenters. The van der Waals surface area contributed by atoms with E-state index in [1.165, 1.54) is 25.0 Å². The van der Waals surface area contributed by atoms with Gasteiger partial charge in [0.25, 0.3) is 0 Å². The van der Waals surface area contributed by atoms with Crippen LogP contribution in [-0.4, -0.2) is 16.9 Å². The van der Waals surface area contributed by atoms with Crippen LogP contribution in [0, 0.1) is 0 Å². The summed E-state index contributed by atoms with van der Waals surface area (Å²) in [6.45, 7) is 1.72. The third-order valence-electron chi connectivity index (χ3n) is 2.26. The summed E-state index contributed by atoms with van der Waals surface area (Å²) in [5.74, 6) is 0. The van der Waals surface area contributed by atoms with Gasteiger partial charge in [-0.25, -0.2) is 0 Å². The first-order chi connectivity index (χ1) is 5.90. The zero-order valence-electron chi connectivity index (χ0n) is 7.42. The highest BCUT2D eigenvalue weighted by Gasteiger charge is 2.11. The largest absolute Gasteiger partial charge is 0.378 e. The fourth-order valence-electron chi connectivity index (χ4n) is 1.70. The Balaban J connectivity index is 2.20. The number of hydrogen-bond donors (Lipinski definition) is 0. The Morgan fingerprint density at radius 2 is 2.50 bits per heavy atom. The van der Waals surface area contributed by atoms with E-state index in [-0.39, 0.29) is 0 Å². The summed E-state index contributed by atoms with van der Waals surface area (Å²) in [4.78, 5) is 0. The quantitative estimate of drug-likeness (QED) is 0.663. The lowest BCUT2D eigenvalue weighted by Gasteiger charge is -2.11. The summed E-state index contributed by atoms with van der Waals surface area (Å²) in [5, 5.41) is 4.43. The standard InChI is InChI=1S/C9H14N2O/c1-12-7-8-6-9-4-2-3-5-11(9)10-8/h6H,2-5,7H2,1H3. The van der Waals surface area contributed by atoms with Gasteiger partial charge in [-0.1, -0.05) is 0 Å². The van der Waals surface area contributed by atoms with Gasteiger partial charge >= 0.3 is 0 Å². The Bertz CT molecular complexity index is 244. The second-order valence-corrected chi connectivity index (χ2v) is 3.24. The summed E-state index contributed by atoms with van der Waals surface area (Å²) >= 11 is 0. The van der Waals surface area contributed by atoms with Crippen LogP contribution in [0.5, 0.6) is 0 Å². The van der Waals surface area contributed by atoms with Crippen molar-refractivity contribution in [3.63, 3.8) is 0 Å². The molecule has 0 radical (unpaired) electrons. The molecule has 1 aromatic rings. The van der Waals surface area contributed by atoms with Crippen LogP contribution in [0.3, 0.4) is 0 Å². The van der Waals surface area contributed by atoms with Crippen molar-refractivity contribution in [2.24, 2.45) is 0 Å². The molecule has 0 aromatic carbocycles. The van der Waals surface area contributed by atoms with E-state index in [0.717, 1.165) is 12.2 Å². The van der Waals surface area contributed by atoms with Gasteiger partial charge in [-0.05, 0) is 25.3 Å². The third kappa shape index (κ3) is 1.37. The van der Waals surface area contributed by atoms with Gasteiger partial charge in [-0.3, -0.25) is 4.68 Å². The Kier molecular flexibility index (Phi) is 2.13. The Labute approximate surface area is 72.3 Å². The molecule has 0 saturated carbocycles. The lowest BCUT2D eigenvalue weighted by atomic mass is 10.1. The SMILES string of the molecule is COCc1cc2n(n1)CCCC2. The van der Waals surface area contributed by atoms with E-state index in [0.29, 0.717) is 6.61 Å². The van der Waals surface area contributed by atoms with Crippen molar-refractivity contribution in [2.75, 3.05) is 7.11 Å². The summed E-state index contributed by atoms with van der Waals surface area (Å²) in [6.07, 6.45) is 3.75. The van der Waals surface area contributed by atoms with E-state index < -0.39 is 0 Å². The number of aromatic nitrogens is 2. The van der Waals surface area contributed by atoms with E-state index in [1.54, 1.807) is 7.11 Å². The first-order valence-electron chi connectivity index (χ1n) is 4.44. The molecule has 12 heavy (non-hydrogen) atoms. The first-order valence-corrected chi connectivity index (χ1v) is 4.44. The van der Waals surface area contributed by atoms with Gasteiger partial charge in [0, 0.05) is 19.3 Å². The molecule has 0 amide bonds. The molecular weight excluding hydrogens is 152 g/mol. The second-order valence-electron chi connectivity index (χ2n) is 3.24. The van der Waals surface area contributed by atoms with Crippen LogP contribution in [0.1, 0.15) is 24.2 Å². The molecule has 2 rings (SSSR count). The van der Waals surface area contributed by atoms with Crippen molar-refractivity contribution in [3.8, 4) is 0 Å². The predicted octanol–water partition coefficient (Wildman–Crippen LogP) is 1.37. The van der Waals surface area contributed by atoms with Crippen molar-refractivity contribution >= 4 is 0 Å². The summed E-state index contributed by atoms with van der Waals surface area (Å²) in [6, 6.07) is 2.16. The van der Waals surface area contributed by atoms with Gasteiger partial charge in [0.15, 0.2) is 0 Å². The number of methoxy groups -OCH3 is 1. The van der Waals surface area contributed by atoms with Crippen LogP contribution >= 0.6 is 0 Å². The fourth-order valence-corrected chi connectivity index (χ4v) is 1.70. The Morgan fingerprint density at radius 3 is 3.25 bits per heavy atom. The molecule has 1 aliphatic heterocycles. The molecular formula is C9H14N2O. The monoisotopic (exact) mass is 166 g/mol. The first kappa shape index (κ1) is 7.80. The maximum Gasteiger partial charge on any atom is 0.0902 e. The van der Waals surface area contributed by atoms with E-state index in [4.69, 9.17) is 4.74 Å². The number of nitrogens with zero attached hydrogens (tertiary/aromatic N) is 2. The Morgan fingerprint density at radius 1 is 1.58 bits per heavy atom. The van der Waals surface area contributed by atoms with Crippen molar-refractivity contribution in [3.05, 3.63) is 17.5 Å². The minimum atomic E-state index is 0.639. The highest BCUT2D eigenvalue weighted by atomic mass is 16.5. The van der Waals surface area contributed by atoms with Crippen molar-refractivity contribution in [2.45, 2.75) is 32.4 Å². The molecule has 0 saturated heterocycles. The van der Waals surface area contributed by atoms with Gasteiger partial charge in [0.05, 0.1) is 12.3 Å². The molecule has 66 valence electrons. The van der Waals surface area contributed by atoms with Crippen LogP contribution in [0.25, 0.3) is 0 Å². The van der Waals surface area contributed by atoms with E-state index >= 15 is 0 Å². The van der Waals surface area contributed by atoms with Gasteiger partial charge in [0.2, 0.25) is 0 Å². The molecule has 0 unspecified atom stereocenters. The average Bonchev–Trinajstić information content (AvgIpc) is 2.47. The van der Waals surface area contributed by atoms with Crippen LogP contribution in [0.15, 0.2) is 6.07 Å². The van der Waals surface area contributed by atoms with Gasteiger partial charge in [-0.2, -0.15) is 5.10 Å². The normalized spacial score (nSPS) is 16.1. The number of rotatable bonds is 2. The number of fused-ring (bicyclic) bond motifs is 1. The smallest absolute Gasteiger partial charge is 0.0902 e. The highest BCUT2D eigenvalue weighted by molar-refractivity contribution is 5.11. The lowest BCUT2D eigenvalue weighted by Crippen LogP contribution is -2.10. The second kappa shape index (κ2) is 3.27. The van der Waals surface area contributed by atoms with Gasteiger partial charge < -0.3 is 4.74 Å². The zero-order chi connectivity index (χ0) is 8.39. The number of ether oxygens (including phenoxy) is 1. The van der Waals surface area contributed by atoms with Crippen LogP contribution in [-0.2, 0) is 24.3 Å². The maximum atomic E-state index is 5.03. The third-order valence-corrected chi connectivity index (χ3v) is 2.26. The molecule has 0 N–H and O–H groups in total. The molecule has 0 aliphatic carbocycles. The van der Waals surface area contributed by atoms with Crippen molar-refractivity contribution in [1.29, 1.82) is 0 Å². The van der Waals surface area contributed by atoms with E-state index in [2.05, 4.69) is 15.8 Å². The molecule has 3 heteroatoms. The highest BCUT2D eigenvalue weighted by Crippen LogP contribution is 2.15. The summed E-state index contributed by atoms with van der Waals surface area (Å²) < 4.78 is 7.14. The Hall–Kier alpha value is -0.830. The minimum Gasteiger partial charge on any atom is -0.378 e. The average molecular weight is 166 g/mol. The topological polar surface area (TPSA) is 27.1 Å². The number of aryl methyl sites for hydroxylation is 2. The van der Waals surface area contributed by atoms with E-state index in [9.17, 15) is 0 Å². The molecule has 1 aromatic heterocycles. The number of hydrogen-bond acceptors (Lipinski definition) is 2. The minimum absolute atomic E-state index is 0.639. The predicted molar refractivity (Wildman–Crippen MR) is 45.9 cm³/mol. The van der Waals surface area contributed by atoms with Crippen molar-refractivity contribution in [1.82, 2.24) is 9.78 Å². The van der Waals surface area contributed by atoms with E-state index in [1.807, 2.05) is 0 Å². The molecule has 2 heterocycles. The van der Waals surface area contributed by atoms with Crippen LogP contribution in [0.4, 0.5) is 0 Å². The molecule has 0 bridgehead atoms. The van der Waals surface area contributed by atoms with Crippen LogP contribution in [0.2, 0.25) is 0 Å². The molecule has 0 fully saturated rings. The fraction of sp³-hybridized carbons (Fsp3) is 0.667. The van der Waals surface area contributed by atoms with Crippen LogP contribution < -0.4 is 0 Å². The summed E-state index contributed by atoms with van der Waals surface area (Å²) in [7, 11) is 1.71. The summed E-state index contributed by atoms with van der Waals surface area (Å²) in [5.41, 5.74) is 2.43. The molecule has 1 aliphatic rings. The van der Waals surface area contributed by atoms with Gasteiger partial charge in [0.1, 0.15) is 0 Å². The zero-order valence-corrected chi connectivity index (χ0v) is 7.42. The lowest BCUT2D eigenvalue weighted by molar-refractivity contribution is 0.180.